The van der Waals surface area contributed by atoms with Crippen LogP contribution >= 0.6 is 22.9 Å². The number of aromatic nitrogens is 2. The zero-order chi connectivity index (χ0) is 8.55. The summed E-state index contributed by atoms with van der Waals surface area (Å²) < 4.78 is 0. The Kier molecular flexibility index (Phi) is 1.96. The predicted octanol–water partition coefficient (Wildman–Crippen LogP) is 1.80. The van der Waals surface area contributed by atoms with Gasteiger partial charge in [-0.05, 0) is 6.07 Å². The number of nitrogens with two attached hydrogens (primary N) is 1. The molecule has 0 unspecified atom stereocenters. The van der Waals surface area contributed by atoms with E-state index < -0.39 is 0 Å². The Morgan fingerprint density at radius 3 is 3.00 bits per heavy atom. The highest BCUT2D eigenvalue weighted by atomic mass is 35.5. The lowest BCUT2D eigenvalue weighted by atomic mass is 10.4. The number of halogens is 1. The molecule has 0 aliphatic carbocycles. The Balaban J connectivity index is 2.74. The average molecular weight is 200 g/mol. The lowest BCUT2D eigenvalue weighted by Crippen LogP contribution is -1.91. The second kappa shape index (κ2) is 2.97. The maximum atomic E-state index is 5.84. The first-order valence-corrected chi connectivity index (χ1v) is 4.59. The Bertz CT molecular complexity index is 412. The molecule has 0 saturated carbocycles. The summed E-state index contributed by atoms with van der Waals surface area (Å²) in [5.74, 6) is 0. The molecule has 62 valence electrons. The van der Waals surface area contributed by atoms with Crippen LogP contribution in [0.15, 0.2) is 12.4 Å². The first kappa shape index (κ1) is 7.91. The first-order chi connectivity index (χ1) is 5.81. The maximum absolute atomic E-state index is 5.84. The van der Waals surface area contributed by atoms with Crippen molar-refractivity contribution in [1.82, 2.24) is 9.97 Å². The van der Waals surface area contributed by atoms with Gasteiger partial charge in [-0.3, -0.25) is 0 Å². The minimum Gasteiger partial charge on any atom is -0.326 e. The van der Waals surface area contributed by atoms with E-state index in [4.69, 9.17) is 17.3 Å². The molecule has 2 aromatic heterocycles. The van der Waals surface area contributed by atoms with Crippen LogP contribution < -0.4 is 5.73 Å². The molecular weight excluding hydrogens is 194 g/mol. The van der Waals surface area contributed by atoms with Gasteiger partial charge in [-0.15, -0.1) is 11.3 Å². The summed E-state index contributed by atoms with van der Waals surface area (Å²) in [5.41, 5.74) is 5.48. The monoisotopic (exact) mass is 199 g/mol. The lowest BCUT2D eigenvalue weighted by Gasteiger charge is -1.87. The van der Waals surface area contributed by atoms with Gasteiger partial charge in [-0.25, -0.2) is 9.97 Å². The largest absolute Gasteiger partial charge is 0.326 e. The van der Waals surface area contributed by atoms with E-state index >= 15 is 0 Å². The highest BCUT2D eigenvalue weighted by Gasteiger charge is 2.04. The van der Waals surface area contributed by atoms with E-state index in [0.29, 0.717) is 11.7 Å². The lowest BCUT2D eigenvalue weighted by molar-refractivity contribution is 1.11. The van der Waals surface area contributed by atoms with Crippen LogP contribution in [0.3, 0.4) is 0 Å². The van der Waals surface area contributed by atoms with E-state index in [1.807, 2.05) is 6.07 Å². The van der Waals surface area contributed by atoms with Crippen LogP contribution in [0.2, 0.25) is 5.15 Å². The Morgan fingerprint density at radius 2 is 2.33 bits per heavy atom. The summed E-state index contributed by atoms with van der Waals surface area (Å²) in [4.78, 5) is 9.93. The van der Waals surface area contributed by atoms with E-state index in [-0.39, 0.29) is 0 Å². The highest BCUT2D eigenvalue weighted by Crippen LogP contribution is 2.27. The fourth-order valence-corrected chi connectivity index (χ4v) is 2.09. The van der Waals surface area contributed by atoms with Crippen molar-refractivity contribution < 1.29 is 0 Å². The summed E-state index contributed by atoms with van der Waals surface area (Å²) in [7, 11) is 0. The van der Waals surface area contributed by atoms with Gasteiger partial charge >= 0.3 is 0 Å². The zero-order valence-corrected chi connectivity index (χ0v) is 7.69. The van der Waals surface area contributed by atoms with Gasteiger partial charge in [0.15, 0.2) is 0 Å². The van der Waals surface area contributed by atoms with Crippen molar-refractivity contribution in [3.05, 3.63) is 22.4 Å². The van der Waals surface area contributed by atoms with E-state index in [1.165, 1.54) is 6.33 Å². The fourth-order valence-electron chi connectivity index (χ4n) is 0.977. The maximum Gasteiger partial charge on any atom is 0.141 e. The molecule has 2 N–H and O–H groups in total. The van der Waals surface area contributed by atoms with E-state index in [9.17, 15) is 0 Å². The van der Waals surface area contributed by atoms with Crippen LogP contribution in [0, 0.1) is 0 Å². The van der Waals surface area contributed by atoms with Gasteiger partial charge in [-0.1, -0.05) is 11.6 Å². The van der Waals surface area contributed by atoms with Crippen LogP contribution in [0.4, 0.5) is 0 Å². The number of fused-ring (bicyclic) bond motifs is 1. The number of hydrogen-bond donors (Lipinski definition) is 1. The van der Waals surface area contributed by atoms with Crippen molar-refractivity contribution in [3.63, 3.8) is 0 Å². The second-order valence-corrected chi connectivity index (χ2v) is 3.77. The molecule has 0 aliphatic heterocycles. The van der Waals surface area contributed by atoms with Gasteiger partial charge in [0, 0.05) is 16.8 Å². The Morgan fingerprint density at radius 1 is 1.50 bits per heavy atom. The molecule has 0 spiro atoms. The number of thiophene rings is 1. The van der Waals surface area contributed by atoms with E-state index in [1.54, 1.807) is 11.3 Å². The summed E-state index contributed by atoms with van der Waals surface area (Å²) >= 11 is 7.39. The Hall–Kier alpha value is -0.710. The zero-order valence-electron chi connectivity index (χ0n) is 6.12. The van der Waals surface area contributed by atoms with Gasteiger partial charge in [0.2, 0.25) is 0 Å². The van der Waals surface area contributed by atoms with Crippen molar-refractivity contribution >= 4 is 33.2 Å². The van der Waals surface area contributed by atoms with E-state index in [2.05, 4.69) is 9.97 Å². The van der Waals surface area contributed by atoms with Crippen LogP contribution in [-0.2, 0) is 6.54 Å². The molecule has 12 heavy (non-hydrogen) atoms. The molecule has 3 nitrogen and oxygen atoms in total. The standard InChI is InChI=1S/C7H6ClN3S/c8-6-5-1-4(2-9)12-7(5)11-3-10-6/h1,3H,2,9H2. The topological polar surface area (TPSA) is 51.8 Å². The molecule has 0 aromatic carbocycles. The van der Waals surface area contributed by atoms with Gasteiger partial charge in [0.05, 0.1) is 0 Å². The molecule has 2 heterocycles. The number of hydrogen-bond acceptors (Lipinski definition) is 4. The molecule has 2 rings (SSSR count). The van der Waals surface area contributed by atoms with Crippen LogP contribution in [0.1, 0.15) is 4.88 Å². The minimum atomic E-state index is 0.496. The third-order valence-electron chi connectivity index (χ3n) is 1.53. The average Bonchev–Trinajstić information content (AvgIpc) is 2.49. The van der Waals surface area contributed by atoms with Gasteiger partial charge in [-0.2, -0.15) is 0 Å². The predicted molar refractivity (Wildman–Crippen MR) is 50.3 cm³/mol. The van der Waals surface area contributed by atoms with Crippen molar-refractivity contribution in [2.45, 2.75) is 6.54 Å². The molecule has 0 saturated heterocycles. The summed E-state index contributed by atoms with van der Waals surface area (Å²) in [6, 6.07) is 1.93. The van der Waals surface area contributed by atoms with Gasteiger partial charge in [0.25, 0.3) is 0 Å². The molecule has 5 heteroatoms. The molecule has 2 aromatic rings. The van der Waals surface area contributed by atoms with Gasteiger partial charge in [0.1, 0.15) is 16.3 Å². The van der Waals surface area contributed by atoms with Crippen LogP contribution in [0.25, 0.3) is 10.2 Å². The van der Waals surface area contributed by atoms with Crippen molar-refractivity contribution in [3.8, 4) is 0 Å². The molecule has 0 radical (unpaired) electrons. The first-order valence-electron chi connectivity index (χ1n) is 3.40. The minimum absolute atomic E-state index is 0.496. The molecule has 0 aliphatic rings. The fraction of sp³-hybridized carbons (Fsp3) is 0.143. The molecule has 0 atom stereocenters. The molecule has 0 fully saturated rings. The SMILES string of the molecule is NCc1cc2c(Cl)ncnc2s1. The van der Waals surface area contributed by atoms with Crippen LogP contribution in [0.5, 0.6) is 0 Å². The van der Waals surface area contributed by atoms with E-state index in [0.717, 1.165) is 15.1 Å². The van der Waals surface area contributed by atoms with Crippen molar-refractivity contribution in [1.29, 1.82) is 0 Å². The molecular formula is C7H6ClN3S. The third kappa shape index (κ3) is 1.18. The Labute approximate surface area is 78.2 Å². The number of rotatable bonds is 1. The normalized spacial score (nSPS) is 10.8. The summed E-state index contributed by atoms with van der Waals surface area (Å²) in [5, 5.41) is 1.39. The van der Waals surface area contributed by atoms with Gasteiger partial charge < -0.3 is 5.73 Å². The summed E-state index contributed by atoms with van der Waals surface area (Å²) in [6.07, 6.45) is 1.46. The highest BCUT2D eigenvalue weighted by molar-refractivity contribution is 7.18. The molecule has 0 bridgehead atoms. The van der Waals surface area contributed by atoms with Crippen LogP contribution in [-0.4, -0.2) is 9.97 Å². The molecule has 0 amide bonds. The number of nitrogens with zero attached hydrogens (tertiary/aromatic N) is 2. The smallest absolute Gasteiger partial charge is 0.141 e. The quantitative estimate of drug-likeness (QED) is 0.713. The van der Waals surface area contributed by atoms with Crippen molar-refractivity contribution in [2.24, 2.45) is 5.73 Å². The van der Waals surface area contributed by atoms with Crippen molar-refractivity contribution in [2.75, 3.05) is 0 Å². The third-order valence-corrected chi connectivity index (χ3v) is 2.90. The second-order valence-electron chi connectivity index (χ2n) is 2.30. The summed E-state index contributed by atoms with van der Waals surface area (Å²) in [6.45, 7) is 0.525.